The van der Waals surface area contributed by atoms with E-state index in [0.29, 0.717) is 24.5 Å². The van der Waals surface area contributed by atoms with E-state index < -0.39 is 0 Å². The molecule has 1 aromatic heterocycles. The van der Waals surface area contributed by atoms with E-state index in [1.807, 2.05) is 18.2 Å². The summed E-state index contributed by atoms with van der Waals surface area (Å²) in [6.45, 7) is 2.72. The molecule has 0 saturated carbocycles. The van der Waals surface area contributed by atoms with Gasteiger partial charge in [0.15, 0.2) is 5.13 Å². The number of carbonyl (C=O) groups excluding carboxylic acids is 2. The van der Waals surface area contributed by atoms with Gasteiger partial charge in [-0.15, -0.1) is 0 Å². The van der Waals surface area contributed by atoms with E-state index in [-0.39, 0.29) is 17.7 Å². The third-order valence-electron chi connectivity index (χ3n) is 4.56. The summed E-state index contributed by atoms with van der Waals surface area (Å²) >= 11 is 1.60. The summed E-state index contributed by atoms with van der Waals surface area (Å²) in [5, 5.41) is 6.55. The van der Waals surface area contributed by atoms with Gasteiger partial charge in [-0.1, -0.05) is 17.4 Å². The van der Waals surface area contributed by atoms with E-state index in [4.69, 9.17) is 4.74 Å². The van der Waals surface area contributed by atoms with Crippen molar-refractivity contribution in [3.63, 3.8) is 0 Å². The zero-order chi connectivity index (χ0) is 19.7. The number of carbonyl (C=O) groups is 2. The van der Waals surface area contributed by atoms with Gasteiger partial charge in [0.25, 0.3) is 0 Å². The summed E-state index contributed by atoms with van der Waals surface area (Å²) in [4.78, 5) is 30.4. The monoisotopic (exact) mass is 396 g/mol. The molecule has 1 aliphatic heterocycles. The predicted molar refractivity (Wildman–Crippen MR) is 111 cm³/mol. The predicted octanol–water partition coefficient (Wildman–Crippen LogP) is 3.34. The average molecular weight is 396 g/mol. The Balaban J connectivity index is 1.37. The average Bonchev–Trinajstić information content (AvgIpc) is 3.02. The number of fused-ring (bicyclic) bond motifs is 1. The lowest BCUT2D eigenvalue weighted by Gasteiger charge is -2.37. The Kier molecular flexibility index (Phi) is 4.87. The first-order chi connectivity index (χ1) is 13.5. The molecule has 2 heterocycles. The second-order valence-corrected chi connectivity index (χ2v) is 7.69. The van der Waals surface area contributed by atoms with Crippen molar-refractivity contribution in [2.75, 3.05) is 35.7 Å². The highest BCUT2D eigenvalue weighted by Gasteiger charge is 2.34. The van der Waals surface area contributed by atoms with Crippen molar-refractivity contribution >= 4 is 49.9 Å². The number of amides is 2. The SMILES string of the molecule is COc1ccc2nc(N3CC(C(=O)Nc4cccc(NC(C)=O)c4)C3)sc2c1. The van der Waals surface area contributed by atoms with Crippen molar-refractivity contribution < 1.29 is 14.3 Å². The Morgan fingerprint density at radius 3 is 2.61 bits per heavy atom. The highest BCUT2D eigenvalue weighted by molar-refractivity contribution is 7.22. The topological polar surface area (TPSA) is 83.6 Å². The van der Waals surface area contributed by atoms with Crippen molar-refractivity contribution in [1.82, 2.24) is 4.98 Å². The van der Waals surface area contributed by atoms with Gasteiger partial charge in [-0.3, -0.25) is 9.59 Å². The van der Waals surface area contributed by atoms with Crippen LogP contribution in [0.3, 0.4) is 0 Å². The fourth-order valence-corrected chi connectivity index (χ4v) is 4.09. The van der Waals surface area contributed by atoms with Gasteiger partial charge >= 0.3 is 0 Å². The first-order valence-corrected chi connectivity index (χ1v) is 9.71. The molecule has 8 heteroatoms. The van der Waals surface area contributed by atoms with Crippen LogP contribution in [0, 0.1) is 5.92 Å². The fourth-order valence-electron chi connectivity index (χ4n) is 3.08. The second kappa shape index (κ2) is 7.47. The third-order valence-corrected chi connectivity index (χ3v) is 5.64. The summed E-state index contributed by atoms with van der Waals surface area (Å²) in [6.07, 6.45) is 0. The first kappa shape index (κ1) is 18.2. The minimum absolute atomic E-state index is 0.0287. The minimum Gasteiger partial charge on any atom is -0.497 e. The lowest BCUT2D eigenvalue weighted by Crippen LogP contribution is -2.52. The Labute approximate surface area is 166 Å². The molecule has 3 aromatic rings. The molecule has 0 atom stereocenters. The number of methoxy groups -OCH3 is 1. The molecule has 1 fully saturated rings. The number of rotatable bonds is 5. The van der Waals surface area contributed by atoms with Gasteiger partial charge in [0.1, 0.15) is 5.75 Å². The number of hydrogen-bond donors (Lipinski definition) is 2. The molecule has 4 rings (SSSR count). The lowest BCUT2D eigenvalue weighted by molar-refractivity contribution is -0.120. The fraction of sp³-hybridized carbons (Fsp3) is 0.250. The van der Waals surface area contributed by atoms with E-state index in [1.54, 1.807) is 42.7 Å². The smallest absolute Gasteiger partial charge is 0.231 e. The Morgan fingerprint density at radius 2 is 1.89 bits per heavy atom. The number of ether oxygens (including phenoxy) is 1. The lowest BCUT2D eigenvalue weighted by atomic mass is 10.00. The van der Waals surface area contributed by atoms with Gasteiger partial charge in [0.2, 0.25) is 11.8 Å². The molecule has 144 valence electrons. The van der Waals surface area contributed by atoms with Gasteiger partial charge in [-0.2, -0.15) is 0 Å². The van der Waals surface area contributed by atoms with Crippen LogP contribution in [0.15, 0.2) is 42.5 Å². The normalized spacial score (nSPS) is 13.9. The van der Waals surface area contributed by atoms with Crippen LogP contribution in [0.2, 0.25) is 0 Å². The molecule has 0 aliphatic carbocycles. The van der Waals surface area contributed by atoms with Crippen LogP contribution in [-0.2, 0) is 9.59 Å². The molecule has 1 aliphatic rings. The molecule has 7 nitrogen and oxygen atoms in total. The standard InChI is InChI=1S/C20H20N4O3S/c1-12(25)21-14-4-3-5-15(8-14)22-19(26)13-10-24(11-13)20-23-17-7-6-16(27-2)9-18(17)28-20/h3-9,13H,10-11H2,1-2H3,(H,21,25)(H,22,26). The van der Waals surface area contributed by atoms with E-state index in [9.17, 15) is 9.59 Å². The van der Waals surface area contributed by atoms with Crippen molar-refractivity contribution in [1.29, 1.82) is 0 Å². The maximum Gasteiger partial charge on any atom is 0.231 e. The summed E-state index contributed by atoms with van der Waals surface area (Å²) in [5.41, 5.74) is 2.26. The zero-order valence-electron chi connectivity index (χ0n) is 15.6. The minimum atomic E-state index is -0.147. The van der Waals surface area contributed by atoms with Crippen LogP contribution in [0.25, 0.3) is 10.2 Å². The molecule has 0 radical (unpaired) electrons. The maximum absolute atomic E-state index is 12.5. The van der Waals surface area contributed by atoms with Crippen molar-refractivity contribution in [2.45, 2.75) is 6.92 Å². The quantitative estimate of drug-likeness (QED) is 0.691. The van der Waals surface area contributed by atoms with E-state index in [1.165, 1.54) is 6.92 Å². The Hall–Kier alpha value is -3.13. The van der Waals surface area contributed by atoms with Gasteiger partial charge < -0.3 is 20.3 Å². The molecular formula is C20H20N4O3S. The molecule has 28 heavy (non-hydrogen) atoms. The van der Waals surface area contributed by atoms with Gasteiger partial charge in [-0.25, -0.2) is 4.98 Å². The molecular weight excluding hydrogens is 376 g/mol. The molecule has 2 aromatic carbocycles. The molecule has 0 unspecified atom stereocenters. The van der Waals surface area contributed by atoms with E-state index in [0.717, 1.165) is 21.1 Å². The van der Waals surface area contributed by atoms with Crippen LogP contribution in [0.5, 0.6) is 5.75 Å². The number of benzene rings is 2. The van der Waals surface area contributed by atoms with Crippen LogP contribution >= 0.6 is 11.3 Å². The zero-order valence-corrected chi connectivity index (χ0v) is 16.4. The van der Waals surface area contributed by atoms with Gasteiger partial charge in [0, 0.05) is 31.4 Å². The molecule has 2 amide bonds. The van der Waals surface area contributed by atoms with Crippen molar-refractivity contribution in [3.05, 3.63) is 42.5 Å². The summed E-state index contributed by atoms with van der Waals surface area (Å²) < 4.78 is 6.32. The van der Waals surface area contributed by atoms with Crippen LogP contribution < -0.4 is 20.3 Å². The molecule has 0 spiro atoms. The first-order valence-electron chi connectivity index (χ1n) is 8.90. The summed E-state index contributed by atoms with van der Waals surface area (Å²) in [7, 11) is 1.65. The van der Waals surface area contributed by atoms with Crippen LogP contribution in [-0.4, -0.2) is 37.0 Å². The highest BCUT2D eigenvalue weighted by atomic mass is 32.1. The molecule has 1 saturated heterocycles. The number of nitrogens with zero attached hydrogens (tertiary/aromatic N) is 2. The number of aromatic nitrogens is 1. The molecule has 0 bridgehead atoms. The van der Waals surface area contributed by atoms with Gasteiger partial charge in [-0.05, 0) is 36.4 Å². The Bertz CT molecular complexity index is 1040. The number of anilines is 3. The highest BCUT2D eigenvalue weighted by Crippen LogP contribution is 2.34. The van der Waals surface area contributed by atoms with E-state index >= 15 is 0 Å². The van der Waals surface area contributed by atoms with Crippen LogP contribution in [0.4, 0.5) is 16.5 Å². The van der Waals surface area contributed by atoms with Crippen LogP contribution in [0.1, 0.15) is 6.92 Å². The second-order valence-electron chi connectivity index (χ2n) is 6.68. The maximum atomic E-state index is 12.5. The summed E-state index contributed by atoms with van der Waals surface area (Å²) in [6, 6.07) is 12.9. The van der Waals surface area contributed by atoms with Crippen molar-refractivity contribution in [2.24, 2.45) is 5.92 Å². The summed E-state index contributed by atoms with van der Waals surface area (Å²) in [5.74, 6) is 0.543. The Morgan fingerprint density at radius 1 is 1.14 bits per heavy atom. The van der Waals surface area contributed by atoms with Gasteiger partial charge in [0.05, 0.1) is 23.2 Å². The third kappa shape index (κ3) is 3.77. The number of nitrogens with one attached hydrogen (secondary N) is 2. The largest absolute Gasteiger partial charge is 0.497 e. The molecule has 2 N–H and O–H groups in total. The number of thiazole rings is 1. The van der Waals surface area contributed by atoms with Crippen molar-refractivity contribution in [3.8, 4) is 5.75 Å². The van der Waals surface area contributed by atoms with E-state index in [2.05, 4.69) is 20.5 Å². The number of hydrogen-bond acceptors (Lipinski definition) is 6.